The highest BCUT2D eigenvalue weighted by atomic mass is 16.5. The number of ether oxygens (including phenoxy) is 1. The van der Waals surface area contributed by atoms with Crippen LogP contribution in [-0.4, -0.2) is 36.4 Å². The minimum atomic E-state index is -0.123. The molecule has 0 atom stereocenters. The summed E-state index contributed by atoms with van der Waals surface area (Å²) < 4.78 is 5.55. The van der Waals surface area contributed by atoms with Gasteiger partial charge in [-0.05, 0) is 50.5 Å². The molecule has 22 heavy (non-hydrogen) atoms. The van der Waals surface area contributed by atoms with Crippen LogP contribution in [0.15, 0.2) is 0 Å². The van der Waals surface area contributed by atoms with Crippen LogP contribution in [0.2, 0.25) is 0 Å². The first-order valence-corrected chi connectivity index (χ1v) is 8.27. The molecule has 2 aliphatic rings. The van der Waals surface area contributed by atoms with Crippen LogP contribution in [-0.2, 0) is 11.2 Å². The smallest absolute Gasteiger partial charge is 0.268 e. The van der Waals surface area contributed by atoms with Crippen LogP contribution in [0.4, 0.5) is 0 Å². The monoisotopic (exact) mass is 304 g/mol. The predicted octanol–water partition coefficient (Wildman–Crippen LogP) is 2.39. The topological polar surface area (TPSA) is 71.2 Å². The highest BCUT2D eigenvalue weighted by molar-refractivity contribution is 6.04. The lowest BCUT2D eigenvalue weighted by Gasteiger charge is -2.09. The summed E-state index contributed by atoms with van der Waals surface area (Å²) in [6.07, 6.45) is 5.72. The number of fused-ring (bicyclic) bond motifs is 1. The first kappa shape index (κ1) is 15.3. The third-order valence-corrected chi connectivity index (χ3v) is 4.47. The van der Waals surface area contributed by atoms with Crippen molar-refractivity contribution in [3.63, 3.8) is 0 Å². The van der Waals surface area contributed by atoms with E-state index < -0.39 is 0 Å². The summed E-state index contributed by atoms with van der Waals surface area (Å²) in [5.74, 6) is 0.810. The summed E-state index contributed by atoms with van der Waals surface area (Å²) in [6, 6.07) is 0. The molecule has 2 aliphatic carbocycles. The Morgan fingerprint density at radius 3 is 2.91 bits per heavy atom. The van der Waals surface area contributed by atoms with Gasteiger partial charge in [0.15, 0.2) is 5.78 Å². The van der Waals surface area contributed by atoms with Gasteiger partial charge in [0.2, 0.25) is 0 Å². The quantitative estimate of drug-likeness (QED) is 0.760. The van der Waals surface area contributed by atoms with Crippen molar-refractivity contribution in [3.8, 4) is 0 Å². The Balaban J connectivity index is 1.48. The van der Waals surface area contributed by atoms with E-state index in [0.717, 1.165) is 48.6 Å². The molecule has 0 bridgehead atoms. The van der Waals surface area contributed by atoms with E-state index in [4.69, 9.17) is 4.74 Å². The molecule has 0 aliphatic heterocycles. The number of aromatic amines is 1. The van der Waals surface area contributed by atoms with E-state index in [0.29, 0.717) is 25.3 Å². The molecule has 1 fully saturated rings. The van der Waals surface area contributed by atoms with Crippen molar-refractivity contribution < 1.29 is 14.3 Å². The molecule has 1 aromatic rings. The highest BCUT2D eigenvalue weighted by Gasteiger charge is 2.26. The molecule has 0 saturated heterocycles. The Morgan fingerprint density at radius 2 is 2.18 bits per heavy atom. The van der Waals surface area contributed by atoms with Crippen LogP contribution in [0.3, 0.4) is 0 Å². The molecule has 3 rings (SSSR count). The molecule has 1 heterocycles. The Bertz CT molecular complexity index is 573. The summed E-state index contributed by atoms with van der Waals surface area (Å²) in [4.78, 5) is 27.4. The van der Waals surface area contributed by atoms with Crippen molar-refractivity contribution in [1.82, 2.24) is 10.3 Å². The lowest BCUT2D eigenvalue weighted by molar-refractivity contribution is 0.0931. The molecule has 5 heteroatoms. The Hall–Kier alpha value is -1.62. The molecular weight excluding hydrogens is 280 g/mol. The highest BCUT2D eigenvalue weighted by Crippen LogP contribution is 2.28. The maximum Gasteiger partial charge on any atom is 0.268 e. The fourth-order valence-electron chi connectivity index (χ4n) is 3.00. The molecule has 120 valence electrons. The summed E-state index contributed by atoms with van der Waals surface area (Å²) >= 11 is 0. The van der Waals surface area contributed by atoms with Crippen LogP contribution in [0, 0.1) is 12.8 Å². The SMILES string of the molecule is Cc1c(C(=O)NCCCOCC2CC2)[nH]c2c1C(=O)CCC2. The first-order valence-electron chi connectivity index (χ1n) is 8.27. The normalized spacial score (nSPS) is 17.4. The molecule has 0 unspecified atom stereocenters. The van der Waals surface area contributed by atoms with Gasteiger partial charge >= 0.3 is 0 Å². The molecule has 2 N–H and O–H groups in total. The fraction of sp³-hybridized carbons (Fsp3) is 0.647. The Labute approximate surface area is 130 Å². The van der Waals surface area contributed by atoms with E-state index in [9.17, 15) is 9.59 Å². The van der Waals surface area contributed by atoms with E-state index in [1.54, 1.807) is 0 Å². The maximum absolute atomic E-state index is 12.2. The van der Waals surface area contributed by atoms with Gasteiger partial charge in [0.05, 0.1) is 0 Å². The molecular formula is C17H24N2O3. The minimum absolute atomic E-state index is 0.123. The summed E-state index contributed by atoms with van der Waals surface area (Å²) in [7, 11) is 0. The summed E-state index contributed by atoms with van der Waals surface area (Å²) in [6.45, 7) is 4.00. The van der Waals surface area contributed by atoms with Gasteiger partial charge in [-0.3, -0.25) is 9.59 Å². The van der Waals surface area contributed by atoms with Gasteiger partial charge in [0.1, 0.15) is 5.69 Å². The molecule has 0 radical (unpaired) electrons. The van der Waals surface area contributed by atoms with E-state index in [2.05, 4.69) is 10.3 Å². The summed E-state index contributed by atoms with van der Waals surface area (Å²) in [5.41, 5.74) is 3.00. The van der Waals surface area contributed by atoms with Crippen molar-refractivity contribution in [2.45, 2.75) is 45.4 Å². The average molecular weight is 304 g/mol. The van der Waals surface area contributed by atoms with Crippen molar-refractivity contribution in [3.05, 3.63) is 22.5 Å². The van der Waals surface area contributed by atoms with E-state index >= 15 is 0 Å². The average Bonchev–Trinajstić information content (AvgIpc) is 3.26. The van der Waals surface area contributed by atoms with Gasteiger partial charge in [-0.15, -0.1) is 0 Å². The second-order valence-corrected chi connectivity index (χ2v) is 6.38. The zero-order chi connectivity index (χ0) is 15.5. The Morgan fingerprint density at radius 1 is 1.36 bits per heavy atom. The van der Waals surface area contributed by atoms with Gasteiger partial charge in [-0.25, -0.2) is 0 Å². The lowest BCUT2D eigenvalue weighted by Crippen LogP contribution is -2.26. The number of aryl methyl sites for hydroxylation is 1. The number of hydrogen-bond acceptors (Lipinski definition) is 3. The number of carbonyl (C=O) groups is 2. The minimum Gasteiger partial charge on any atom is -0.381 e. The van der Waals surface area contributed by atoms with E-state index in [-0.39, 0.29) is 11.7 Å². The number of rotatable bonds is 7. The first-order chi connectivity index (χ1) is 10.7. The number of ketones is 1. The summed E-state index contributed by atoms with van der Waals surface area (Å²) in [5, 5.41) is 2.91. The molecule has 0 aromatic carbocycles. The van der Waals surface area contributed by atoms with Gasteiger partial charge in [-0.2, -0.15) is 0 Å². The maximum atomic E-state index is 12.2. The van der Waals surface area contributed by atoms with Crippen molar-refractivity contribution >= 4 is 11.7 Å². The van der Waals surface area contributed by atoms with Crippen LogP contribution in [0.25, 0.3) is 0 Å². The molecule has 5 nitrogen and oxygen atoms in total. The van der Waals surface area contributed by atoms with Crippen LogP contribution in [0.5, 0.6) is 0 Å². The van der Waals surface area contributed by atoms with Gasteiger partial charge in [0, 0.05) is 37.4 Å². The zero-order valence-corrected chi connectivity index (χ0v) is 13.2. The number of amides is 1. The largest absolute Gasteiger partial charge is 0.381 e. The Kier molecular flexibility index (Phi) is 4.62. The molecule has 0 spiro atoms. The van der Waals surface area contributed by atoms with E-state index in [1.807, 2.05) is 6.92 Å². The second-order valence-electron chi connectivity index (χ2n) is 6.38. The number of H-pyrrole nitrogens is 1. The second kappa shape index (κ2) is 6.65. The van der Waals surface area contributed by atoms with Crippen LogP contribution in [0.1, 0.15) is 64.2 Å². The van der Waals surface area contributed by atoms with Crippen molar-refractivity contribution in [1.29, 1.82) is 0 Å². The number of nitrogens with one attached hydrogen (secondary N) is 2. The van der Waals surface area contributed by atoms with Crippen LogP contribution >= 0.6 is 0 Å². The van der Waals surface area contributed by atoms with Gasteiger partial charge in [-0.1, -0.05) is 0 Å². The van der Waals surface area contributed by atoms with Gasteiger partial charge in [0.25, 0.3) is 5.91 Å². The van der Waals surface area contributed by atoms with Crippen molar-refractivity contribution in [2.24, 2.45) is 5.92 Å². The number of Topliss-reactive ketones (excluding diaryl/α,β-unsaturated/α-hetero) is 1. The zero-order valence-electron chi connectivity index (χ0n) is 13.2. The predicted molar refractivity (Wildman–Crippen MR) is 83.3 cm³/mol. The van der Waals surface area contributed by atoms with E-state index in [1.165, 1.54) is 12.8 Å². The molecule has 1 saturated carbocycles. The molecule has 1 amide bonds. The lowest BCUT2D eigenvalue weighted by atomic mass is 9.94. The third-order valence-electron chi connectivity index (χ3n) is 4.47. The molecule has 1 aromatic heterocycles. The fourth-order valence-corrected chi connectivity index (χ4v) is 3.00. The standard InChI is InChI=1S/C17H24N2O3/c1-11-15-13(4-2-5-14(15)20)19-16(11)17(21)18-8-3-9-22-10-12-6-7-12/h12,19H,2-10H2,1H3,(H,18,21). The number of aromatic nitrogens is 1. The van der Waals surface area contributed by atoms with Gasteiger partial charge < -0.3 is 15.0 Å². The number of hydrogen-bond donors (Lipinski definition) is 2. The van der Waals surface area contributed by atoms with Crippen LogP contribution < -0.4 is 5.32 Å². The number of carbonyl (C=O) groups excluding carboxylic acids is 2. The van der Waals surface area contributed by atoms with Crippen molar-refractivity contribution in [2.75, 3.05) is 19.8 Å². The third kappa shape index (κ3) is 3.40.